The van der Waals surface area contributed by atoms with Crippen molar-refractivity contribution in [3.8, 4) is 0 Å². The molecule has 154 valence electrons. The highest BCUT2D eigenvalue weighted by Crippen LogP contribution is 2.28. The minimum atomic E-state index is -0.244. The molecule has 0 saturated heterocycles. The average molecular weight is 402 g/mol. The standard InChI is InChI=1S/C25H27N3O2/c1-14-15(2)17(4)20(18(5)16(14)3)12-19-10-11-23(30-19)25(29)26-13-24-27-21-8-6-7-9-22(21)28-24/h6-11H,12-13H2,1-5H3,(H,26,29)(H,27,28). The van der Waals surface area contributed by atoms with E-state index in [1.165, 1.54) is 33.4 Å². The number of hydrogen-bond acceptors (Lipinski definition) is 3. The first-order valence-corrected chi connectivity index (χ1v) is 10.2. The molecule has 5 heteroatoms. The fourth-order valence-corrected chi connectivity index (χ4v) is 3.95. The Balaban J connectivity index is 1.47. The molecule has 2 heterocycles. The number of nitrogens with zero attached hydrogens (tertiary/aromatic N) is 1. The first-order valence-electron chi connectivity index (χ1n) is 10.2. The van der Waals surface area contributed by atoms with Crippen molar-refractivity contribution in [2.45, 2.75) is 47.6 Å². The first-order chi connectivity index (χ1) is 14.3. The quantitative estimate of drug-likeness (QED) is 0.482. The van der Waals surface area contributed by atoms with Gasteiger partial charge in [-0.15, -0.1) is 0 Å². The summed E-state index contributed by atoms with van der Waals surface area (Å²) in [7, 11) is 0. The lowest BCUT2D eigenvalue weighted by molar-refractivity contribution is 0.0920. The Morgan fingerprint density at radius 1 is 0.933 bits per heavy atom. The lowest BCUT2D eigenvalue weighted by Gasteiger charge is -2.18. The van der Waals surface area contributed by atoms with Crippen LogP contribution in [0, 0.1) is 34.6 Å². The Kier molecular flexibility index (Phi) is 5.20. The van der Waals surface area contributed by atoms with Gasteiger partial charge in [0.25, 0.3) is 5.91 Å². The van der Waals surface area contributed by atoms with Crippen molar-refractivity contribution >= 4 is 16.9 Å². The molecule has 0 bridgehead atoms. The number of aromatic nitrogens is 2. The van der Waals surface area contributed by atoms with E-state index >= 15 is 0 Å². The zero-order valence-corrected chi connectivity index (χ0v) is 18.1. The molecule has 4 aromatic rings. The van der Waals surface area contributed by atoms with Crippen LogP contribution in [0.1, 0.15) is 55.5 Å². The summed E-state index contributed by atoms with van der Waals surface area (Å²) >= 11 is 0. The van der Waals surface area contributed by atoms with Crippen molar-refractivity contribution in [2.24, 2.45) is 0 Å². The maximum Gasteiger partial charge on any atom is 0.287 e. The van der Waals surface area contributed by atoms with Crippen molar-refractivity contribution in [3.63, 3.8) is 0 Å². The minimum Gasteiger partial charge on any atom is -0.456 e. The van der Waals surface area contributed by atoms with Gasteiger partial charge < -0.3 is 14.7 Å². The maximum atomic E-state index is 12.5. The van der Waals surface area contributed by atoms with Gasteiger partial charge in [0.2, 0.25) is 0 Å². The van der Waals surface area contributed by atoms with Gasteiger partial charge in [0.15, 0.2) is 5.76 Å². The highest BCUT2D eigenvalue weighted by atomic mass is 16.3. The Labute approximate surface area is 176 Å². The summed E-state index contributed by atoms with van der Waals surface area (Å²) in [6, 6.07) is 11.4. The number of para-hydroxylation sites is 2. The SMILES string of the molecule is Cc1c(C)c(C)c(Cc2ccc(C(=O)NCc3nc4ccccc4[nH]3)o2)c(C)c1C. The normalized spacial score (nSPS) is 11.2. The summed E-state index contributed by atoms with van der Waals surface area (Å²) in [5, 5.41) is 2.88. The molecule has 1 amide bonds. The molecule has 4 rings (SSSR count). The molecule has 0 aliphatic rings. The summed E-state index contributed by atoms with van der Waals surface area (Å²) in [6.07, 6.45) is 0.677. The molecule has 2 N–H and O–H groups in total. The first kappa shape index (κ1) is 20.0. The van der Waals surface area contributed by atoms with Crippen molar-refractivity contribution in [2.75, 3.05) is 0 Å². The van der Waals surface area contributed by atoms with Crippen molar-refractivity contribution < 1.29 is 9.21 Å². The molecule has 0 atom stereocenters. The predicted octanol–water partition coefficient (Wildman–Crippen LogP) is 5.22. The van der Waals surface area contributed by atoms with Crippen molar-refractivity contribution in [1.82, 2.24) is 15.3 Å². The highest BCUT2D eigenvalue weighted by molar-refractivity contribution is 5.91. The van der Waals surface area contributed by atoms with Crippen LogP contribution in [-0.4, -0.2) is 15.9 Å². The maximum absolute atomic E-state index is 12.5. The fraction of sp³-hybridized carbons (Fsp3) is 0.280. The number of nitrogens with one attached hydrogen (secondary N) is 2. The Morgan fingerprint density at radius 2 is 1.60 bits per heavy atom. The van der Waals surface area contributed by atoms with E-state index in [0.717, 1.165) is 16.8 Å². The summed E-state index contributed by atoms with van der Waals surface area (Å²) in [6.45, 7) is 11.1. The van der Waals surface area contributed by atoms with Crippen LogP contribution in [0.5, 0.6) is 0 Å². The van der Waals surface area contributed by atoms with E-state index in [1.807, 2.05) is 30.3 Å². The monoisotopic (exact) mass is 401 g/mol. The van der Waals surface area contributed by atoms with E-state index in [-0.39, 0.29) is 5.91 Å². The minimum absolute atomic E-state index is 0.244. The molecule has 0 spiro atoms. The number of rotatable bonds is 5. The molecule has 0 unspecified atom stereocenters. The summed E-state index contributed by atoms with van der Waals surface area (Å²) in [4.78, 5) is 20.2. The number of amides is 1. The van der Waals surface area contributed by atoms with Gasteiger partial charge in [-0.25, -0.2) is 4.98 Å². The predicted molar refractivity (Wildman–Crippen MR) is 119 cm³/mol. The lowest BCUT2D eigenvalue weighted by Crippen LogP contribution is -2.22. The van der Waals surface area contributed by atoms with Crippen molar-refractivity contribution in [1.29, 1.82) is 0 Å². The summed E-state index contributed by atoms with van der Waals surface area (Å²) in [5.74, 6) is 1.58. The number of hydrogen-bond donors (Lipinski definition) is 2. The van der Waals surface area contributed by atoms with Gasteiger partial charge >= 0.3 is 0 Å². The van der Waals surface area contributed by atoms with Crippen molar-refractivity contribution in [3.05, 3.63) is 87.1 Å². The van der Waals surface area contributed by atoms with E-state index in [9.17, 15) is 4.79 Å². The molecule has 0 radical (unpaired) electrons. The van der Waals surface area contributed by atoms with Gasteiger partial charge in [-0.2, -0.15) is 0 Å². The van der Waals surface area contributed by atoms with E-state index in [1.54, 1.807) is 6.07 Å². The molecular weight excluding hydrogens is 374 g/mol. The molecule has 0 fully saturated rings. The van der Waals surface area contributed by atoms with Crippen LogP contribution in [0.3, 0.4) is 0 Å². The molecule has 5 nitrogen and oxygen atoms in total. The van der Waals surface area contributed by atoms with Crippen LogP contribution >= 0.6 is 0 Å². The smallest absolute Gasteiger partial charge is 0.287 e. The largest absolute Gasteiger partial charge is 0.456 e. The van der Waals surface area contributed by atoms with Crippen LogP contribution in [0.4, 0.5) is 0 Å². The average Bonchev–Trinajstić information content (AvgIpc) is 3.39. The van der Waals surface area contributed by atoms with Gasteiger partial charge in [-0.3, -0.25) is 4.79 Å². The van der Waals surface area contributed by atoms with E-state index in [4.69, 9.17) is 4.42 Å². The molecule has 2 aromatic carbocycles. The second kappa shape index (κ2) is 7.82. The number of carbonyl (C=O) groups excluding carboxylic acids is 1. The van der Waals surface area contributed by atoms with Crippen LogP contribution in [-0.2, 0) is 13.0 Å². The van der Waals surface area contributed by atoms with Gasteiger partial charge in [-0.05, 0) is 92.3 Å². The molecule has 2 aromatic heterocycles. The third kappa shape index (κ3) is 3.63. The number of imidazole rings is 1. The second-order valence-corrected chi connectivity index (χ2v) is 7.93. The molecule has 30 heavy (non-hydrogen) atoms. The molecular formula is C25H27N3O2. The van der Waals surface area contributed by atoms with Gasteiger partial charge in [0.05, 0.1) is 17.6 Å². The number of H-pyrrole nitrogens is 1. The third-order valence-electron chi connectivity index (χ3n) is 6.25. The molecule has 0 saturated carbocycles. The summed E-state index contributed by atoms with van der Waals surface area (Å²) in [5.41, 5.74) is 9.70. The van der Waals surface area contributed by atoms with E-state index < -0.39 is 0 Å². The Hall–Kier alpha value is -3.34. The van der Waals surface area contributed by atoms with Gasteiger partial charge in [0.1, 0.15) is 11.6 Å². The fourth-order valence-electron chi connectivity index (χ4n) is 3.95. The number of fused-ring (bicyclic) bond motifs is 1. The van der Waals surface area contributed by atoms with Gasteiger partial charge in [0, 0.05) is 6.42 Å². The lowest BCUT2D eigenvalue weighted by atomic mass is 9.88. The topological polar surface area (TPSA) is 70.9 Å². The summed E-state index contributed by atoms with van der Waals surface area (Å²) < 4.78 is 5.87. The zero-order valence-electron chi connectivity index (χ0n) is 18.1. The van der Waals surface area contributed by atoms with Gasteiger partial charge in [-0.1, -0.05) is 12.1 Å². The van der Waals surface area contributed by atoms with Crippen LogP contribution in [0.25, 0.3) is 11.0 Å². The molecule has 0 aliphatic heterocycles. The number of aromatic amines is 1. The van der Waals surface area contributed by atoms with E-state index in [0.29, 0.717) is 24.6 Å². The third-order valence-corrected chi connectivity index (χ3v) is 6.25. The number of benzene rings is 2. The zero-order chi connectivity index (χ0) is 21.4. The van der Waals surface area contributed by atoms with E-state index in [2.05, 4.69) is 49.9 Å². The van der Waals surface area contributed by atoms with Crippen LogP contribution in [0.2, 0.25) is 0 Å². The number of carbonyl (C=O) groups is 1. The highest BCUT2D eigenvalue weighted by Gasteiger charge is 2.16. The molecule has 0 aliphatic carbocycles. The van der Waals surface area contributed by atoms with Crippen LogP contribution < -0.4 is 5.32 Å². The number of furan rings is 1. The van der Waals surface area contributed by atoms with Crippen LogP contribution in [0.15, 0.2) is 40.8 Å². The Bertz CT molecular complexity index is 1180. The Morgan fingerprint density at radius 3 is 2.30 bits per heavy atom. The second-order valence-electron chi connectivity index (χ2n) is 7.93.